The summed E-state index contributed by atoms with van der Waals surface area (Å²) >= 11 is 0. The molecule has 2 aliphatic rings. The van der Waals surface area contributed by atoms with Crippen LogP contribution in [0.4, 0.5) is 0 Å². The Labute approximate surface area is 92.0 Å². The summed E-state index contributed by atoms with van der Waals surface area (Å²) in [5.74, 6) is 0.604. The van der Waals surface area contributed by atoms with Crippen LogP contribution in [-0.2, 0) is 4.74 Å². The second kappa shape index (κ2) is 4.04. The van der Waals surface area contributed by atoms with Crippen LogP contribution < -0.4 is 5.73 Å². The van der Waals surface area contributed by atoms with E-state index in [1.807, 2.05) is 0 Å². The van der Waals surface area contributed by atoms with Gasteiger partial charge < -0.3 is 15.6 Å². The predicted molar refractivity (Wildman–Crippen MR) is 59.6 cm³/mol. The molecular weight excluding hydrogens is 190 g/mol. The molecular formula is C12H23NO2. The van der Waals surface area contributed by atoms with Crippen molar-refractivity contribution in [3.63, 3.8) is 0 Å². The molecule has 15 heavy (non-hydrogen) atoms. The fourth-order valence-electron chi connectivity index (χ4n) is 3.18. The minimum atomic E-state index is -0.644. The maximum Gasteiger partial charge on any atom is 0.0830 e. The maximum absolute atomic E-state index is 10.7. The van der Waals surface area contributed by atoms with Crippen LogP contribution in [0.3, 0.4) is 0 Å². The Bertz CT molecular complexity index is 226. The van der Waals surface area contributed by atoms with Crippen LogP contribution >= 0.6 is 0 Å². The maximum atomic E-state index is 10.7. The highest BCUT2D eigenvalue weighted by molar-refractivity contribution is 5.06. The van der Waals surface area contributed by atoms with Crippen LogP contribution in [0.25, 0.3) is 0 Å². The van der Waals surface area contributed by atoms with Gasteiger partial charge in [-0.3, -0.25) is 0 Å². The minimum Gasteiger partial charge on any atom is -0.388 e. The van der Waals surface area contributed by atoms with E-state index in [9.17, 15) is 5.11 Å². The van der Waals surface area contributed by atoms with E-state index < -0.39 is 11.1 Å². The molecule has 0 radical (unpaired) electrons. The highest BCUT2D eigenvalue weighted by Gasteiger charge is 2.49. The summed E-state index contributed by atoms with van der Waals surface area (Å²) in [6.45, 7) is 3.62. The van der Waals surface area contributed by atoms with Crippen molar-refractivity contribution in [1.82, 2.24) is 0 Å². The zero-order chi connectivity index (χ0) is 10.9. The Balaban J connectivity index is 2.11. The van der Waals surface area contributed by atoms with Gasteiger partial charge in [-0.15, -0.1) is 0 Å². The molecule has 0 spiro atoms. The Hall–Kier alpha value is -0.120. The van der Waals surface area contributed by atoms with Crippen LogP contribution in [0.2, 0.25) is 0 Å². The largest absolute Gasteiger partial charge is 0.388 e. The number of hydrogen-bond donors (Lipinski definition) is 2. The van der Waals surface area contributed by atoms with E-state index in [-0.39, 0.29) is 0 Å². The molecule has 3 nitrogen and oxygen atoms in total. The summed E-state index contributed by atoms with van der Waals surface area (Å²) in [6, 6.07) is 0. The average molecular weight is 213 g/mol. The van der Waals surface area contributed by atoms with Gasteiger partial charge in [0, 0.05) is 18.8 Å². The highest BCUT2D eigenvalue weighted by atomic mass is 16.5. The summed E-state index contributed by atoms with van der Waals surface area (Å²) in [5.41, 5.74) is 5.35. The second-order valence-electron chi connectivity index (χ2n) is 5.50. The Morgan fingerprint density at radius 1 is 1.27 bits per heavy atom. The molecule has 3 heteroatoms. The first kappa shape index (κ1) is 11.4. The molecule has 0 aromatic rings. The molecule has 2 fully saturated rings. The Morgan fingerprint density at radius 3 is 2.53 bits per heavy atom. The molecule has 1 heterocycles. The van der Waals surface area contributed by atoms with E-state index in [2.05, 4.69) is 6.92 Å². The van der Waals surface area contributed by atoms with Gasteiger partial charge in [-0.05, 0) is 31.6 Å². The summed E-state index contributed by atoms with van der Waals surface area (Å²) in [7, 11) is 0. The first-order valence-electron chi connectivity index (χ1n) is 6.15. The van der Waals surface area contributed by atoms with Gasteiger partial charge in [0.2, 0.25) is 0 Å². The normalized spacial score (nSPS) is 41.4. The van der Waals surface area contributed by atoms with Crippen molar-refractivity contribution in [2.45, 2.75) is 56.6 Å². The van der Waals surface area contributed by atoms with Crippen molar-refractivity contribution in [3.05, 3.63) is 0 Å². The van der Waals surface area contributed by atoms with Crippen LogP contribution in [0.15, 0.2) is 0 Å². The van der Waals surface area contributed by atoms with Crippen LogP contribution in [0.5, 0.6) is 0 Å². The lowest BCUT2D eigenvalue weighted by Crippen LogP contribution is -2.64. The van der Waals surface area contributed by atoms with Gasteiger partial charge >= 0.3 is 0 Å². The molecule has 0 aromatic heterocycles. The van der Waals surface area contributed by atoms with Crippen molar-refractivity contribution >= 4 is 0 Å². The molecule has 0 amide bonds. The first-order valence-corrected chi connectivity index (χ1v) is 6.15. The standard InChI is InChI=1S/C12H23NO2/c1-10-3-2-4-12(14,9-10)11(13)5-7-15-8-6-11/h10,14H,2-9,13H2,1H3. The number of aliphatic hydroxyl groups is 1. The van der Waals surface area contributed by atoms with Gasteiger partial charge in [0.1, 0.15) is 0 Å². The van der Waals surface area contributed by atoms with Gasteiger partial charge in [0.05, 0.1) is 5.60 Å². The highest BCUT2D eigenvalue weighted by Crippen LogP contribution is 2.42. The molecule has 2 unspecified atom stereocenters. The molecule has 1 aliphatic heterocycles. The topological polar surface area (TPSA) is 55.5 Å². The Kier molecular flexibility index (Phi) is 3.06. The summed E-state index contributed by atoms with van der Waals surface area (Å²) in [4.78, 5) is 0. The van der Waals surface area contributed by atoms with Crippen molar-refractivity contribution in [1.29, 1.82) is 0 Å². The van der Waals surface area contributed by atoms with Gasteiger partial charge in [-0.1, -0.05) is 19.8 Å². The number of hydrogen-bond acceptors (Lipinski definition) is 3. The van der Waals surface area contributed by atoms with Crippen LogP contribution in [0, 0.1) is 5.92 Å². The molecule has 3 N–H and O–H groups in total. The van der Waals surface area contributed by atoms with Crippen LogP contribution in [0.1, 0.15) is 45.4 Å². The van der Waals surface area contributed by atoms with Gasteiger partial charge in [0.25, 0.3) is 0 Å². The molecule has 1 saturated heterocycles. The van der Waals surface area contributed by atoms with Gasteiger partial charge in [0.15, 0.2) is 0 Å². The summed E-state index contributed by atoms with van der Waals surface area (Å²) < 4.78 is 5.34. The van der Waals surface area contributed by atoms with E-state index in [4.69, 9.17) is 10.5 Å². The number of ether oxygens (including phenoxy) is 1. The summed E-state index contributed by atoms with van der Waals surface area (Å²) in [5, 5.41) is 10.7. The van der Waals surface area contributed by atoms with E-state index in [0.717, 1.165) is 32.1 Å². The quantitative estimate of drug-likeness (QED) is 0.693. The minimum absolute atomic E-state index is 0.403. The lowest BCUT2D eigenvalue weighted by Gasteiger charge is -2.50. The monoisotopic (exact) mass is 213 g/mol. The average Bonchev–Trinajstić information content (AvgIpc) is 2.18. The molecule has 88 valence electrons. The van der Waals surface area contributed by atoms with E-state index >= 15 is 0 Å². The van der Waals surface area contributed by atoms with Gasteiger partial charge in [-0.2, -0.15) is 0 Å². The fourth-order valence-corrected chi connectivity index (χ4v) is 3.18. The smallest absolute Gasteiger partial charge is 0.0830 e. The van der Waals surface area contributed by atoms with E-state index in [1.165, 1.54) is 6.42 Å². The predicted octanol–water partition coefficient (Wildman–Crippen LogP) is 1.44. The molecule has 2 atom stereocenters. The zero-order valence-corrected chi connectivity index (χ0v) is 9.67. The van der Waals surface area contributed by atoms with Crippen molar-refractivity contribution in [2.75, 3.05) is 13.2 Å². The third-order valence-corrected chi connectivity index (χ3v) is 4.29. The second-order valence-corrected chi connectivity index (χ2v) is 5.50. The van der Waals surface area contributed by atoms with E-state index in [0.29, 0.717) is 19.1 Å². The van der Waals surface area contributed by atoms with Crippen molar-refractivity contribution < 1.29 is 9.84 Å². The molecule has 0 aromatic carbocycles. The molecule has 2 rings (SSSR count). The van der Waals surface area contributed by atoms with Crippen LogP contribution in [-0.4, -0.2) is 29.5 Å². The third kappa shape index (κ3) is 2.05. The first-order chi connectivity index (χ1) is 7.06. The van der Waals surface area contributed by atoms with Gasteiger partial charge in [-0.25, -0.2) is 0 Å². The third-order valence-electron chi connectivity index (χ3n) is 4.29. The number of nitrogens with two attached hydrogens (primary N) is 1. The van der Waals surface area contributed by atoms with Crippen molar-refractivity contribution in [2.24, 2.45) is 11.7 Å². The molecule has 0 bridgehead atoms. The lowest BCUT2D eigenvalue weighted by atomic mass is 9.65. The zero-order valence-electron chi connectivity index (χ0n) is 9.67. The fraction of sp³-hybridized carbons (Fsp3) is 1.00. The molecule has 1 saturated carbocycles. The summed E-state index contributed by atoms with van der Waals surface area (Å²) in [6.07, 6.45) is 5.68. The SMILES string of the molecule is CC1CCCC(O)(C2(N)CCOCC2)C1. The van der Waals surface area contributed by atoms with E-state index in [1.54, 1.807) is 0 Å². The van der Waals surface area contributed by atoms with Crippen molar-refractivity contribution in [3.8, 4) is 0 Å². The number of rotatable bonds is 1. The lowest BCUT2D eigenvalue weighted by molar-refractivity contribution is -0.111. The Morgan fingerprint density at radius 2 is 1.93 bits per heavy atom. The molecule has 1 aliphatic carbocycles.